The van der Waals surface area contributed by atoms with E-state index in [1.165, 1.54) is 19.1 Å². The van der Waals surface area contributed by atoms with Crippen LogP contribution in [0, 0.1) is 0 Å². The van der Waals surface area contributed by atoms with Crippen LogP contribution in [0.15, 0.2) is 29.2 Å². The van der Waals surface area contributed by atoms with Gasteiger partial charge in [0, 0.05) is 45.3 Å². The lowest BCUT2D eigenvalue weighted by molar-refractivity contribution is -0.128. The summed E-state index contributed by atoms with van der Waals surface area (Å²) in [6.07, 6.45) is 0.705. The number of sulfonamides is 1. The molecule has 0 aliphatic carbocycles. The zero-order chi connectivity index (χ0) is 16.6. The molecule has 0 spiro atoms. The molecule has 0 saturated carbocycles. The van der Waals surface area contributed by atoms with Gasteiger partial charge in [-0.2, -0.15) is 0 Å². The number of methoxy groups -OCH3 is 1. The molecule has 124 valence electrons. The minimum atomic E-state index is -3.63. The van der Waals surface area contributed by atoms with Gasteiger partial charge in [0.2, 0.25) is 15.9 Å². The number of rotatable bonds is 9. The van der Waals surface area contributed by atoms with E-state index in [0.717, 1.165) is 0 Å². The number of benzene rings is 1. The molecule has 0 heterocycles. The Kier molecular flexibility index (Phi) is 7.81. The van der Waals surface area contributed by atoms with Gasteiger partial charge in [0.05, 0.1) is 4.90 Å². The molecule has 1 aromatic rings. The zero-order valence-corrected chi connectivity index (χ0v) is 14.3. The molecule has 0 atom stereocenters. The standard InChI is InChI=1S/C14H21ClN2O4S/c1-12(18)17(8-4-10-21-2)9-7-16-22(19,20)14-6-3-5-13(15)11-14/h3,5-6,11,16H,4,7-10H2,1-2H3. The summed E-state index contributed by atoms with van der Waals surface area (Å²) in [5, 5.41) is 0.354. The smallest absolute Gasteiger partial charge is 0.240 e. The molecule has 1 amide bonds. The predicted molar refractivity (Wildman–Crippen MR) is 85.4 cm³/mol. The van der Waals surface area contributed by atoms with Gasteiger partial charge in [-0.05, 0) is 24.6 Å². The third-order valence-corrected chi connectivity index (χ3v) is 4.70. The van der Waals surface area contributed by atoms with Gasteiger partial charge in [-0.3, -0.25) is 4.79 Å². The molecule has 1 rings (SSSR count). The Hall–Kier alpha value is -1.15. The fourth-order valence-electron chi connectivity index (χ4n) is 1.86. The summed E-state index contributed by atoms with van der Waals surface area (Å²) < 4.78 is 31.6. The molecule has 6 nitrogen and oxygen atoms in total. The SMILES string of the molecule is COCCCN(CCNS(=O)(=O)c1cccc(Cl)c1)C(C)=O. The first-order chi connectivity index (χ1) is 10.4. The first-order valence-electron chi connectivity index (χ1n) is 6.86. The van der Waals surface area contributed by atoms with Crippen molar-refractivity contribution in [3.63, 3.8) is 0 Å². The van der Waals surface area contributed by atoms with Crippen molar-refractivity contribution in [1.82, 2.24) is 9.62 Å². The number of hydrogen-bond donors (Lipinski definition) is 1. The monoisotopic (exact) mass is 348 g/mol. The quantitative estimate of drug-likeness (QED) is 0.686. The van der Waals surface area contributed by atoms with E-state index in [-0.39, 0.29) is 17.3 Å². The highest BCUT2D eigenvalue weighted by Gasteiger charge is 2.15. The zero-order valence-electron chi connectivity index (χ0n) is 12.7. The van der Waals surface area contributed by atoms with Gasteiger partial charge in [0.15, 0.2) is 0 Å². The Balaban J connectivity index is 2.55. The van der Waals surface area contributed by atoms with E-state index >= 15 is 0 Å². The summed E-state index contributed by atoms with van der Waals surface area (Å²) in [7, 11) is -2.03. The number of hydrogen-bond acceptors (Lipinski definition) is 4. The number of ether oxygens (including phenoxy) is 1. The van der Waals surface area contributed by atoms with E-state index in [0.29, 0.717) is 31.1 Å². The summed E-state index contributed by atoms with van der Waals surface area (Å²) in [4.78, 5) is 13.2. The summed E-state index contributed by atoms with van der Waals surface area (Å²) in [5.41, 5.74) is 0. The normalized spacial score (nSPS) is 11.4. The van der Waals surface area contributed by atoms with Gasteiger partial charge >= 0.3 is 0 Å². The maximum atomic E-state index is 12.1. The largest absolute Gasteiger partial charge is 0.385 e. The molecule has 0 bridgehead atoms. The number of nitrogens with zero attached hydrogens (tertiary/aromatic N) is 1. The number of amides is 1. The summed E-state index contributed by atoms with van der Waals surface area (Å²) in [5.74, 6) is -0.0990. The summed E-state index contributed by atoms with van der Waals surface area (Å²) in [6, 6.07) is 6.03. The minimum Gasteiger partial charge on any atom is -0.385 e. The Morgan fingerprint density at radius 3 is 2.68 bits per heavy atom. The molecule has 0 fully saturated rings. The molecule has 1 N–H and O–H groups in total. The molecule has 0 saturated heterocycles. The van der Waals surface area contributed by atoms with Crippen LogP contribution in [0.3, 0.4) is 0 Å². The predicted octanol–water partition coefficient (Wildman–Crippen LogP) is 1.50. The molecule has 0 unspecified atom stereocenters. The van der Waals surface area contributed by atoms with Gasteiger partial charge < -0.3 is 9.64 Å². The van der Waals surface area contributed by atoms with Crippen LogP contribution in [0.5, 0.6) is 0 Å². The number of nitrogens with one attached hydrogen (secondary N) is 1. The van der Waals surface area contributed by atoms with E-state index in [4.69, 9.17) is 16.3 Å². The molecular weight excluding hydrogens is 328 g/mol. The van der Waals surface area contributed by atoms with Gasteiger partial charge in [-0.15, -0.1) is 0 Å². The van der Waals surface area contributed by atoms with Gasteiger partial charge in [0.1, 0.15) is 0 Å². The van der Waals surface area contributed by atoms with Crippen molar-refractivity contribution >= 4 is 27.5 Å². The summed E-state index contributed by atoms with van der Waals surface area (Å²) >= 11 is 5.79. The Labute approximate surface area is 136 Å². The lowest BCUT2D eigenvalue weighted by Gasteiger charge is -2.21. The average molecular weight is 349 g/mol. The molecule has 0 aliphatic rings. The van der Waals surface area contributed by atoms with Gasteiger partial charge in [-0.25, -0.2) is 13.1 Å². The molecule has 0 aliphatic heterocycles. The van der Waals surface area contributed by atoms with Crippen LogP contribution in [0.4, 0.5) is 0 Å². The number of halogens is 1. The van der Waals surface area contributed by atoms with Crippen molar-refractivity contribution in [2.45, 2.75) is 18.2 Å². The maximum absolute atomic E-state index is 12.1. The second-order valence-electron chi connectivity index (χ2n) is 4.71. The van der Waals surface area contributed by atoms with E-state index in [1.54, 1.807) is 24.1 Å². The van der Waals surface area contributed by atoms with Crippen molar-refractivity contribution in [1.29, 1.82) is 0 Å². The fourth-order valence-corrected chi connectivity index (χ4v) is 3.18. The average Bonchev–Trinajstić information content (AvgIpc) is 2.45. The first-order valence-corrected chi connectivity index (χ1v) is 8.72. The van der Waals surface area contributed by atoms with Crippen LogP contribution in [0.1, 0.15) is 13.3 Å². The van der Waals surface area contributed by atoms with Gasteiger partial charge in [-0.1, -0.05) is 17.7 Å². The third-order valence-electron chi connectivity index (χ3n) is 3.00. The topological polar surface area (TPSA) is 75.7 Å². The highest BCUT2D eigenvalue weighted by Crippen LogP contribution is 2.14. The lowest BCUT2D eigenvalue weighted by atomic mass is 10.4. The molecule has 8 heteroatoms. The molecular formula is C14H21ClN2O4S. The highest BCUT2D eigenvalue weighted by molar-refractivity contribution is 7.89. The van der Waals surface area contributed by atoms with Crippen LogP contribution in [-0.4, -0.2) is 52.6 Å². The van der Waals surface area contributed by atoms with Crippen LogP contribution in [0.25, 0.3) is 0 Å². The second-order valence-corrected chi connectivity index (χ2v) is 6.91. The Bertz CT molecular complexity index is 592. The fraction of sp³-hybridized carbons (Fsp3) is 0.500. The van der Waals surface area contributed by atoms with Crippen LogP contribution >= 0.6 is 11.6 Å². The van der Waals surface area contributed by atoms with Gasteiger partial charge in [0.25, 0.3) is 0 Å². The molecule has 0 radical (unpaired) electrons. The van der Waals surface area contributed by atoms with Crippen LogP contribution < -0.4 is 4.72 Å². The minimum absolute atomic E-state index is 0.0990. The van der Waals surface area contributed by atoms with E-state index in [9.17, 15) is 13.2 Å². The summed E-state index contributed by atoms with van der Waals surface area (Å²) in [6.45, 7) is 2.98. The van der Waals surface area contributed by atoms with Crippen molar-refractivity contribution in [2.24, 2.45) is 0 Å². The van der Waals surface area contributed by atoms with Crippen LogP contribution in [0.2, 0.25) is 5.02 Å². The maximum Gasteiger partial charge on any atom is 0.240 e. The highest BCUT2D eigenvalue weighted by atomic mass is 35.5. The van der Waals surface area contributed by atoms with E-state index < -0.39 is 10.0 Å². The van der Waals surface area contributed by atoms with E-state index in [2.05, 4.69) is 4.72 Å². The van der Waals surface area contributed by atoms with E-state index in [1.807, 2.05) is 0 Å². The lowest BCUT2D eigenvalue weighted by Crippen LogP contribution is -2.38. The molecule has 22 heavy (non-hydrogen) atoms. The molecule has 1 aromatic carbocycles. The third kappa shape index (κ3) is 6.31. The first kappa shape index (κ1) is 18.9. The Morgan fingerprint density at radius 1 is 1.36 bits per heavy atom. The Morgan fingerprint density at radius 2 is 2.09 bits per heavy atom. The van der Waals surface area contributed by atoms with Crippen molar-refractivity contribution in [2.75, 3.05) is 33.4 Å². The number of carbonyl (C=O) groups excluding carboxylic acids is 1. The molecule has 0 aromatic heterocycles. The van der Waals surface area contributed by atoms with Crippen molar-refractivity contribution < 1.29 is 17.9 Å². The second kappa shape index (κ2) is 9.09. The van der Waals surface area contributed by atoms with Crippen LogP contribution in [-0.2, 0) is 19.6 Å². The van der Waals surface area contributed by atoms with Crippen molar-refractivity contribution in [3.05, 3.63) is 29.3 Å². The van der Waals surface area contributed by atoms with Crippen molar-refractivity contribution in [3.8, 4) is 0 Å². The number of carbonyl (C=O) groups is 1.